The van der Waals surface area contributed by atoms with E-state index in [1.807, 2.05) is 6.07 Å². The summed E-state index contributed by atoms with van der Waals surface area (Å²) >= 11 is 12.0. The summed E-state index contributed by atoms with van der Waals surface area (Å²) in [6.45, 7) is 0. The highest BCUT2D eigenvalue weighted by molar-refractivity contribution is 6.37. The number of hydrogen-bond acceptors (Lipinski definition) is 6. The van der Waals surface area contributed by atoms with Gasteiger partial charge in [0.1, 0.15) is 33.9 Å². The SMILES string of the molecule is COc1ccc(NC(=O)/C(C#N)=C\c2ccc(-c3cc([N+](=O)[O-])c(Cl)cc3Cl)o2)cc1. The zero-order chi connectivity index (χ0) is 22.5. The number of carbonyl (C=O) groups is 1. The number of halogens is 2. The lowest BCUT2D eigenvalue weighted by molar-refractivity contribution is -0.384. The number of methoxy groups -OCH3 is 1. The normalized spacial score (nSPS) is 11.0. The Labute approximate surface area is 186 Å². The number of rotatable bonds is 6. The van der Waals surface area contributed by atoms with Crippen LogP contribution in [0.1, 0.15) is 5.76 Å². The number of furan rings is 1. The van der Waals surface area contributed by atoms with Gasteiger partial charge in [0.2, 0.25) is 0 Å². The van der Waals surface area contributed by atoms with E-state index in [0.29, 0.717) is 11.4 Å². The Morgan fingerprint density at radius 2 is 1.90 bits per heavy atom. The second kappa shape index (κ2) is 9.34. The Kier molecular flexibility index (Phi) is 6.60. The number of hydrogen-bond donors (Lipinski definition) is 1. The van der Waals surface area contributed by atoms with Gasteiger partial charge in [0.15, 0.2) is 0 Å². The fraction of sp³-hybridized carbons (Fsp3) is 0.0476. The Bertz CT molecular complexity index is 1230. The van der Waals surface area contributed by atoms with E-state index < -0.39 is 10.8 Å². The molecule has 0 spiro atoms. The summed E-state index contributed by atoms with van der Waals surface area (Å²) in [7, 11) is 1.52. The van der Waals surface area contributed by atoms with Crippen molar-refractivity contribution in [2.75, 3.05) is 12.4 Å². The van der Waals surface area contributed by atoms with Crippen molar-refractivity contribution in [1.82, 2.24) is 0 Å². The maximum absolute atomic E-state index is 12.4. The van der Waals surface area contributed by atoms with E-state index in [1.165, 1.54) is 37.5 Å². The van der Waals surface area contributed by atoms with Gasteiger partial charge in [0, 0.05) is 23.4 Å². The zero-order valence-corrected chi connectivity index (χ0v) is 17.4. The first-order valence-corrected chi connectivity index (χ1v) is 9.39. The summed E-state index contributed by atoms with van der Waals surface area (Å²) in [6.07, 6.45) is 1.25. The summed E-state index contributed by atoms with van der Waals surface area (Å²) in [5.41, 5.74) is 0.196. The van der Waals surface area contributed by atoms with Crippen molar-refractivity contribution in [3.63, 3.8) is 0 Å². The molecule has 0 aliphatic heterocycles. The number of nitro benzene ring substituents is 1. The lowest BCUT2D eigenvalue weighted by atomic mass is 10.1. The van der Waals surface area contributed by atoms with Gasteiger partial charge in [0.25, 0.3) is 11.6 Å². The first-order chi connectivity index (χ1) is 14.8. The minimum Gasteiger partial charge on any atom is -0.497 e. The molecule has 156 valence electrons. The van der Waals surface area contributed by atoms with E-state index in [0.717, 1.165) is 0 Å². The number of nitrogens with one attached hydrogen (secondary N) is 1. The molecule has 0 unspecified atom stereocenters. The highest BCUT2D eigenvalue weighted by atomic mass is 35.5. The smallest absolute Gasteiger partial charge is 0.288 e. The largest absolute Gasteiger partial charge is 0.497 e. The number of anilines is 1. The predicted molar refractivity (Wildman–Crippen MR) is 116 cm³/mol. The molecular formula is C21H13Cl2N3O5. The van der Waals surface area contributed by atoms with Gasteiger partial charge >= 0.3 is 0 Å². The summed E-state index contributed by atoms with van der Waals surface area (Å²) in [5.74, 6) is 0.387. The molecule has 3 rings (SSSR count). The Morgan fingerprint density at radius 1 is 1.19 bits per heavy atom. The number of nitro groups is 1. The average molecular weight is 458 g/mol. The van der Waals surface area contributed by atoms with Crippen molar-refractivity contribution in [2.45, 2.75) is 0 Å². The molecule has 31 heavy (non-hydrogen) atoms. The van der Waals surface area contributed by atoms with Gasteiger partial charge in [-0.3, -0.25) is 14.9 Å². The number of amides is 1. The highest BCUT2D eigenvalue weighted by Gasteiger charge is 2.19. The number of nitrogens with zero attached hydrogens (tertiary/aromatic N) is 2. The molecule has 2 aromatic carbocycles. The van der Waals surface area contributed by atoms with E-state index in [4.69, 9.17) is 32.4 Å². The fourth-order valence-electron chi connectivity index (χ4n) is 2.61. The average Bonchev–Trinajstić information content (AvgIpc) is 3.20. The molecule has 0 atom stereocenters. The van der Waals surface area contributed by atoms with E-state index in [2.05, 4.69) is 5.32 Å². The molecule has 1 amide bonds. The summed E-state index contributed by atoms with van der Waals surface area (Å²) in [6, 6.07) is 13.9. The fourth-order valence-corrected chi connectivity index (χ4v) is 3.15. The van der Waals surface area contributed by atoms with Crippen molar-refractivity contribution in [3.8, 4) is 23.1 Å². The second-order valence-corrected chi connectivity index (χ2v) is 6.91. The number of nitriles is 1. The Morgan fingerprint density at radius 3 is 2.52 bits per heavy atom. The zero-order valence-electron chi connectivity index (χ0n) is 15.9. The van der Waals surface area contributed by atoms with Crippen LogP contribution in [0.2, 0.25) is 10.0 Å². The quantitative estimate of drug-likeness (QED) is 0.219. The molecule has 0 fully saturated rings. The molecule has 3 aromatic rings. The van der Waals surface area contributed by atoms with Crippen molar-refractivity contribution in [2.24, 2.45) is 0 Å². The van der Waals surface area contributed by atoms with Crippen LogP contribution < -0.4 is 10.1 Å². The summed E-state index contributed by atoms with van der Waals surface area (Å²) < 4.78 is 10.7. The second-order valence-electron chi connectivity index (χ2n) is 6.10. The van der Waals surface area contributed by atoms with Crippen LogP contribution >= 0.6 is 23.2 Å². The molecule has 0 saturated heterocycles. The number of ether oxygens (including phenoxy) is 1. The molecular weight excluding hydrogens is 445 g/mol. The first-order valence-electron chi connectivity index (χ1n) is 8.63. The standard InChI is InChI=1S/C21H13Cl2N3O5/c1-30-14-4-2-13(3-5-14)25-21(27)12(11-24)8-15-6-7-20(31-15)16-9-19(26(28)29)18(23)10-17(16)22/h2-10H,1H3,(H,25,27)/b12-8-. The Balaban J connectivity index is 1.85. The highest BCUT2D eigenvalue weighted by Crippen LogP contribution is 2.37. The minimum atomic E-state index is -0.636. The topological polar surface area (TPSA) is 118 Å². The Hall–Kier alpha value is -3.80. The molecule has 1 heterocycles. The van der Waals surface area contributed by atoms with Crippen LogP contribution in [0.25, 0.3) is 17.4 Å². The summed E-state index contributed by atoms with van der Waals surface area (Å²) in [5, 5.41) is 23.1. The van der Waals surface area contributed by atoms with Gasteiger partial charge < -0.3 is 14.5 Å². The van der Waals surface area contributed by atoms with E-state index in [1.54, 1.807) is 24.3 Å². The third-order valence-corrected chi connectivity index (χ3v) is 4.74. The van der Waals surface area contributed by atoms with Gasteiger partial charge in [-0.05, 0) is 42.5 Å². The molecule has 0 radical (unpaired) electrons. The number of carbonyl (C=O) groups excluding carboxylic acids is 1. The maximum Gasteiger partial charge on any atom is 0.288 e. The van der Waals surface area contributed by atoms with Crippen LogP contribution in [0.3, 0.4) is 0 Å². The summed E-state index contributed by atoms with van der Waals surface area (Å²) in [4.78, 5) is 22.9. The monoisotopic (exact) mass is 457 g/mol. The van der Waals surface area contributed by atoms with Crippen molar-refractivity contribution in [1.29, 1.82) is 5.26 Å². The van der Waals surface area contributed by atoms with Gasteiger partial charge in [-0.1, -0.05) is 23.2 Å². The third-order valence-electron chi connectivity index (χ3n) is 4.12. The lowest BCUT2D eigenvalue weighted by Crippen LogP contribution is -2.13. The molecule has 0 saturated carbocycles. The van der Waals surface area contributed by atoms with Gasteiger partial charge in [-0.2, -0.15) is 5.26 Å². The molecule has 0 bridgehead atoms. The van der Waals surface area contributed by atoms with E-state index in [-0.39, 0.29) is 38.4 Å². The van der Waals surface area contributed by atoms with Gasteiger partial charge in [0.05, 0.1) is 17.1 Å². The predicted octanol–water partition coefficient (Wildman–Crippen LogP) is 5.72. The van der Waals surface area contributed by atoms with Crippen molar-refractivity contribution < 1.29 is 18.9 Å². The van der Waals surface area contributed by atoms with Crippen LogP contribution in [0, 0.1) is 21.4 Å². The molecule has 10 heteroatoms. The van der Waals surface area contributed by atoms with Crippen LogP contribution in [-0.4, -0.2) is 17.9 Å². The van der Waals surface area contributed by atoms with Crippen LogP contribution in [0.15, 0.2) is 58.5 Å². The number of benzene rings is 2. The van der Waals surface area contributed by atoms with Gasteiger partial charge in [-0.25, -0.2) is 0 Å². The minimum absolute atomic E-state index is 0.104. The molecule has 1 N–H and O–H groups in total. The molecule has 0 aliphatic carbocycles. The van der Waals surface area contributed by atoms with Crippen LogP contribution in [-0.2, 0) is 4.79 Å². The lowest BCUT2D eigenvalue weighted by Gasteiger charge is -2.05. The van der Waals surface area contributed by atoms with Crippen molar-refractivity contribution >= 4 is 46.6 Å². The maximum atomic E-state index is 12.4. The van der Waals surface area contributed by atoms with Gasteiger partial charge in [-0.15, -0.1) is 0 Å². The third kappa shape index (κ3) is 5.04. The van der Waals surface area contributed by atoms with Crippen LogP contribution in [0.4, 0.5) is 11.4 Å². The first kappa shape index (κ1) is 21.9. The van der Waals surface area contributed by atoms with Crippen LogP contribution in [0.5, 0.6) is 5.75 Å². The van der Waals surface area contributed by atoms with E-state index in [9.17, 15) is 20.2 Å². The van der Waals surface area contributed by atoms with E-state index >= 15 is 0 Å². The molecule has 1 aromatic heterocycles. The molecule has 8 nitrogen and oxygen atoms in total. The molecule has 0 aliphatic rings. The van der Waals surface area contributed by atoms with Crippen molar-refractivity contribution in [3.05, 3.63) is 80.0 Å².